The van der Waals surface area contributed by atoms with Gasteiger partial charge in [-0.25, -0.2) is 9.59 Å². The van der Waals surface area contributed by atoms with Gasteiger partial charge in [0.25, 0.3) is 0 Å². The molecule has 94 valence electrons. The Morgan fingerprint density at radius 2 is 2.12 bits per heavy atom. The van der Waals surface area contributed by atoms with Crippen molar-refractivity contribution in [1.82, 2.24) is 0 Å². The van der Waals surface area contributed by atoms with Crippen LogP contribution < -0.4 is 5.73 Å². The van der Waals surface area contributed by atoms with Crippen molar-refractivity contribution in [2.45, 2.75) is 26.7 Å². The number of ether oxygens (including phenoxy) is 1. The molecule has 0 aliphatic rings. The van der Waals surface area contributed by atoms with Crippen LogP contribution in [0.1, 0.15) is 44.7 Å². The topological polar surface area (TPSA) is 89.6 Å². The van der Waals surface area contributed by atoms with E-state index in [0.717, 1.165) is 24.2 Å². The van der Waals surface area contributed by atoms with Crippen LogP contribution in [0.4, 0.5) is 5.69 Å². The first kappa shape index (κ1) is 13.5. The Morgan fingerprint density at radius 3 is 2.65 bits per heavy atom. The summed E-state index contributed by atoms with van der Waals surface area (Å²) in [4.78, 5) is 23.4. The smallest absolute Gasteiger partial charge is 0.349 e. The molecule has 1 heterocycles. The molecule has 0 bridgehead atoms. The summed E-state index contributed by atoms with van der Waals surface area (Å²) in [6.07, 6.45) is 1.67. The zero-order valence-corrected chi connectivity index (χ0v) is 10.6. The van der Waals surface area contributed by atoms with Gasteiger partial charge in [0.2, 0.25) is 0 Å². The van der Waals surface area contributed by atoms with Crippen molar-refractivity contribution < 1.29 is 19.4 Å². The second-order valence-corrected chi connectivity index (χ2v) is 4.80. The molecule has 0 saturated carbocycles. The first-order valence-electron chi connectivity index (χ1n) is 5.28. The van der Waals surface area contributed by atoms with Gasteiger partial charge in [-0.3, -0.25) is 0 Å². The Morgan fingerprint density at radius 1 is 1.47 bits per heavy atom. The lowest BCUT2D eigenvalue weighted by Crippen LogP contribution is -2.10. The van der Waals surface area contributed by atoms with Crippen molar-refractivity contribution >= 4 is 29.0 Å². The van der Waals surface area contributed by atoms with Gasteiger partial charge in [0.15, 0.2) is 0 Å². The average molecular weight is 257 g/mol. The lowest BCUT2D eigenvalue weighted by Gasteiger charge is -2.02. The van der Waals surface area contributed by atoms with E-state index in [0.29, 0.717) is 11.5 Å². The van der Waals surface area contributed by atoms with E-state index in [9.17, 15) is 9.59 Å². The summed E-state index contributed by atoms with van der Waals surface area (Å²) in [6, 6.07) is 0. The molecule has 0 unspecified atom stereocenters. The van der Waals surface area contributed by atoms with Crippen LogP contribution in [-0.4, -0.2) is 23.7 Å². The largest absolute Gasteiger partial charge is 0.478 e. The number of hydrogen-bond acceptors (Lipinski definition) is 5. The molecule has 0 radical (unpaired) electrons. The zero-order valence-electron chi connectivity index (χ0n) is 9.78. The third-order valence-corrected chi connectivity index (χ3v) is 3.36. The molecule has 3 N–H and O–H groups in total. The number of nitrogens with two attached hydrogens (primary N) is 1. The van der Waals surface area contributed by atoms with Crippen LogP contribution in [0.25, 0.3) is 0 Å². The number of anilines is 1. The van der Waals surface area contributed by atoms with Crippen LogP contribution in [-0.2, 0) is 4.74 Å². The lowest BCUT2D eigenvalue weighted by atomic mass is 10.2. The third kappa shape index (κ3) is 2.97. The second kappa shape index (κ2) is 5.67. The normalized spacial score (nSPS) is 10.2. The van der Waals surface area contributed by atoms with Gasteiger partial charge < -0.3 is 15.6 Å². The number of aryl methyl sites for hydroxylation is 1. The van der Waals surface area contributed by atoms with Gasteiger partial charge in [-0.2, -0.15) is 0 Å². The fourth-order valence-electron chi connectivity index (χ4n) is 1.29. The number of aromatic carboxylic acids is 1. The highest BCUT2D eigenvalue weighted by molar-refractivity contribution is 7.14. The van der Waals surface area contributed by atoms with Crippen LogP contribution in [0.15, 0.2) is 0 Å². The van der Waals surface area contributed by atoms with Crippen LogP contribution in [0.2, 0.25) is 0 Å². The number of carboxylic acids is 1. The molecule has 1 aromatic heterocycles. The molecule has 0 saturated heterocycles. The zero-order chi connectivity index (χ0) is 13.0. The second-order valence-electron chi connectivity index (χ2n) is 3.57. The van der Waals surface area contributed by atoms with Crippen LogP contribution in [0.5, 0.6) is 0 Å². The van der Waals surface area contributed by atoms with Crippen LogP contribution in [0, 0.1) is 6.92 Å². The summed E-state index contributed by atoms with van der Waals surface area (Å²) >= 11 is 1.06. The number of rotatable bonds is 5. The Hall–Kier alpha value is -1.56. The van der Waals surface area contributed by atoms with E-state index in [2.05, 4.69) is 0 Å². The van der Waals surface area contributed by atoms with E-state index in [1.54, 1.807) is 6.92 Å². The molecule has 0 aliphatic heterocycles. The summed E-state index contributed by atoms with van der Waals surface area (Å²) < 4.78 is 4.98. The maximum absolute atomic E-state index is 11.7. The van der Waals surface area contributed by atoms with E-state index in [1.807, 2.05) is 6.92 Å². The molecule has 5 nitrogen and oxygen atoms in total. The monoisotopic (exact) mass is 257 g/mol. The fraction of sp³-hybridized carbons (Fsp3) is 0.455. The average Bonchev–Trinajstić information content (AvgIpc) is 2.56. The minimum Gasteiger partial charge on any atom is -0.478 e. The summed E-state index contributed by atoms with van der Waals surface area (Å²) in [5.41, 5.74) is 5.62. The maximum Gasteiger partial charge on any atom is 0.349 e. The van der Waals surface area contributed by atoms with Crippen molar-refractivity contribution in [3.63, 3.8) is 0 Å². The van der Waals surface area contributed by atoms with Gasteiger partial charge in [0, 0.05) is 4.88 Å². The predicted molar refractivity (Wildman–Crippen MR) is 65.6 cm³/mol. The molecular weight excluding hydrogens is 242 g/mol. The number of carbonyl (C=O) groups excluding carboxylic acids is 1. The number of carbonyl (C=O) groups is 2. The molecule has 1 rings (SSSR count). The van der Waals surface area contributed by atoms with Crippen molar-refractivity contribution in [1.29, 1.82) is 0 Å². The van der Waals surface area contributed by atoms with Gasteiger partial charge in [-0.1, -0.05) is 13.3 Å². The summed E-state index contributed by atoms with van der Waals surface area (Å²) in [5.74, 6) is -1.81. The molecule has 0 aliphatic carbocycles. The molecule has 0 spiro atoms. The van der Waals surface area contributed by atoms with Crippen molar-refractivity contribution in [2.24, 2.45) is 0 Å². The molecule has 0 fully saturated rings. The number of carboxylic acid groups (broad SMARTS) is 1. The van der Waals surface area contributed by atoms with Crippen molar-refractivity contribution in [2.75, 3.05) is 12.3 Å². The molecule has 6 heteroatoms. The standard InChI is InChI=1S/C11H15NO4S/c1-3-4-5-16-11(15)9-7(10(13)14)8(12)6(2)17-9/h3-5,12H2,1-2H3,(H,13,14). The molecule has 0 atom stereocenters. The molecule has 0 aromatic carbocycles. The predicted octanol–water partition coefficient (Wildman–Crippen LogP) is 2.29. The van der Waals surface area contributed by atoms with Crippen LogP contribution >= 0.6 is 11.3 Å². The molecule has 1 aromatic rings. The number of unbranched alkanes of at least 4 members (excludes halogenated alkanes) is 1. The molecule has 0 amide bonds. The number of thiophene rings is 1. The third-order valence-electron chi connectivity index (χ3n) is 2.26. The van der Waals surface area contributed by atoms with E-state index >= 15 is 0 Å². The fourth-order valence-corrected chi connectivity index (χ4v) is 2.25. The lowest BCUT2D eigenvalue weighted by molar-refractivity contribution is 0.0496. The highest BCUT2D eigenvalue weighted by atomic mass is 32.1. The van der Waals surface area contributed by atoms with Gasteiger partial charge in [-0.05, 0) is 13.3 Å². The molecular formula is C11H15NO4S. The SMILES string of the molecule is CCCCOC(=O)c1sc(C)c(N)c1C(=O)O. The van der Waals surface area contributed by atoms with Gasteiger partial charge >= 0.3 is 11.9 Å². The van der Waals surface area contributed by atoms with Gasteiger partial charge in [-0.15, -0.1) is 11.3 Å². The Kier molecular flexibility index (Phi) is 4.51. The van der Waals surface area contributed by atoms with Crippen molar-refractivity contribution in [3.8, 4) is 0 Å². The van der Waals surface area contributed by atoms with E-state index < -0.39 is 11.9 Å². The summed E-state index contributed by atoms with van der Waals surface area (Å²) in [7, 11) is 0. The summed E-state index contributed by atoms with van der Waals surface area (Å²) in [6.45, 7) is 3.95. The maximum atomic E-state index is 11.7. The Bertz CT molecular complexity index is 439. The summed E-state index contributed by atoms with van der Waals surface area (Å²) in [5, 5.41) is 9.00. The van der Waals surface area contributed by atoms with E-state index in [4.69, 9.17) is 15.6 Å². The van der Waals surface area contributed by atoms with Gasteiger partial charge in [0.1, 0.15) is 10.4 Å². The van der Waals surface area contributed by atoms with Crippen molar-refractivity contribution in [3.05, 3.63) is 15.3 Å². The highest BCUT2D eigenvalue weighted by Gasteiger charge is 2.25. The first-order valence-corrected chi connectivity index (χ1v) is 6.10. The number of nitrogen functional groups attached to an aromatic ring is 1. The van der Waals surface area contributed by atoms with E-state index in [-0.39, 0.29) is 16.1 Å². The first-order chi connectivity index (χ1) is 7.99. The quantitative estimate of drug-likeness (QED) is 0.624. The van der Waals surface area contributed by atoms with Gasteiger partial charge in [0.05, 0.1) is 12.3 Å². The number of esters is 1. The highest BCUT2D eigenvalue weighted by Crippen LogP contribution is 2.30. The Balaban J connectivity index is 2.93. The molecule has 17 heavy (non-hydrogen) atoms. The minimum atomic E-state index is -1.20. The van der Waals surface area contributed by atoms with E-state index in [1.165, 1.54) is 0 Å². The minimum absolute atomic E-state index is 0.0728. The number of hydrogen-bond donors (Lipinski definition) is 2. The Labute approximate surface area is 103 Å². The van der Waals surface area contributed by atoms with Crippen LogP contribution in [0.3, 0.4) is 0 Å².